The second kappa shape index (κ2) is 13.8. The van der Waals surface area contributed by atoms with Gasteiger partial charge in [0.15, 0.2) is 12.6 Å². The SMILES string of the molecule is Cc1cc(C)c(OCCO[C@H]2C[C@@H](O)[C@H](O)C(CO)O2)cc1OCCO[C@H]1CC(O)[C@H](O)C(CO)O1. The molecule has 0 aromatic heterocycles. The molecule has 12 nitrogen and oxygen atoms in total. The molecule has 8 atom stereocenters. The van der Waals surface area contributed by atoms with E-state index in [0.717, 1.165) is 11.1 Å². The van der Waals surface area contributed by atoms with Gasteiger partial charge in [-0.25, -0.2) is 0 Å². The van der Waals surface area contributed by atoms with Gasteiger partial charge in [-0.1, -0.05) is 0 Å². The van der Waals surface area contributed by atoms with Crippen molar-refractivity contribution in [2.24, 2.45) is 0 Å². The number of benzene rings is 1. The van der Waals surface area contributed by atoms with Gasteiger partial charge in [-0.15, -0.1) is 0 Å². The van der Waals surface area contributed by atoms with E-state index in [1.807, 2.05) is 19.9 Å². The second-order valence-electron chi connectivity index (χ2n) is 8.98. The summed E-state index contributed by atoms with van der Waals surface area (Å²) >= 11 is 0. The van der Waals surface area contributed by atoms with Crippen LogP contribution in [-0.4, -0.2) is 119 Å². The van der Waals surface area contributed by atoms with Gasteiger partial charge in [0.2, 0.25) is 0 Å². The summed E-state index contributed by atoms with van der Waals surface area (Å²) in [5, 5.41) is 57.8. The summed E-state index contributed by atoms with van der Waals surface area (Å²) in [5.74, 6) is 1.21. The molecule has 0 amide bonds. The Morgan fingerprint density at radius 3 is 1.50 bits per heavy atom. The number of aliphatic hydroxyl groups excluding tert-OH is 6. The van der Waals surface area contributed by atoms with Gasteiger partial charge in [-0.2, -0.15) is 0 Å². The van der Waals surface area contributed by atoms with Gasteiger partial charge in [-0.3, -0.25) is 0 Å². The molecule has 6 N–H and O–H groups in total. The van der Waals surface area contributed by atoms with E-state index in [-0.39, 0.29) is 39.3 Å². The molecule has 0 radical (unpaired) electrons. The quantitative estimate of drug-likeness (QED) is 0.182. The molecule has 0 aliphatic carbocycles. The molecule has 2 fully saturated rings. The molecular formula is C24H38O12. The summed E-state index contributed by atoms with van der Waals surface area (Å²) in [7, 11) is 0. The van der Waals surface area contributed by atoms with Gasteiger partial charge in [0.05, 0.1) is 38.6 Å². The minimum atomic E-state index is -1.16. The zero-order valence-corrected chi connectivity index (χ0v) is 20.6. The highest BCUT2D eigenvalue weighted by molar-refractivity contribution is 5.45. The molecule has 3 unspecified atom stereocenters. The molecule has 1 aromatic carbocycles. The zero-order chi connectivity index (χ0) is 26.2. The van der Waals surface area contributed by atoms with E-state index in [0.29, 0.717) is 11.5 Å². The molecule has 2 saturated heterocycles. The predicted molar refractivity (Wildman–Crippen MR) is 124 cm³/mol. The van der Waals surface area contributed by atoms with Crippen molar-refractivity contribution in [1.82, 2.24) is 0 Å². The van der Waals surface area contributed by atoms with Gasteiger partial charge in [0.25, 0.3) is 0 Å². The lowest BCUT2D eigenvalue weighted by Crippen LogP contribution is -2.50. The van der Waals surface area contributed by atoms with E-state index in [2.05, 4.69) is 0 Å². The first kappa shape index (κ1) is 29.0. The zero-order valence-electron chi connectivity index (χ0n) is 20.6. The highest BCUT2D eigenvalue weighted by Gasteiger charge is 2.37. The fourth-order valence-electron chi connectivity index (χ4n) is 4.13. The lowest BCUT2D eigenvalue weighted by atomic mass is 10.0. The molecule has 0 bridgehead atoms. The summed E-state index contributed by atoms with van der Waals surface area (Å²) in [6.45, 7) is 3.70. The summed E-state index contributed by atoms with van der Waals surface area (Å²) in [6, 6.07) is 3.69. The topological polar surface area (TPSA) is 177 Å². The van der Waals surface area contributed by atoms with Crippen molar-refractivity contribution in [1.29, 1.82) is 0 Å². The maximum Gasteiger partial charge on any atom is 0.160 e. The predicted octanol–water partition coefficient (Wildman–Crippen LogP) is -1.25. The molecule has 1 aromatic rings. The smallest absolute Gasteiger partial charge is 0.160 e. The van der Waals surface area contributed by atoms with Crippen molar-refractivity contribution < 1.29 is 59.1 Å². The Balaban J connectivity index is 1.42. The van der Waals surface area contributed by atoms with E-state index in [4.69, 9.17) is 28.4 Å². The van der Waals surface area contributed by atoms with Crippen LogP contribution >= 0.6 is 0 Å². The molecule has 36 heavy (non-hydrogen) atoms. The molecule has 2 aliphatic heterocycles. The number of rotatable bonds is 12. The normalized spacial score (nSPS) is 32.9. The Morgan fingerprint density at radius 2 is 1.11 bits per heavy atom. The fraction of sp³-hybridized carbons (Fsp3) is 0.750. The summed E-state index contributed by atoms with van der Waals surface area (Å²) in [6.07, 6.45) is -7.53. The summed E-state index contributed by atoms with van der Waals surface area (Å²) in [5.41, 5.74) is 1.81. The second-order valence-corrected chi connectivity index (χ2v) is 8.98. The van der Waals surface area contributed by atoms with E-state index in [9.17, 15) is 30.6 Å². The third-order valence-electron chi connectivity index (χ3n) is 6.19. The van der Waals surface area contributed by atoms with Crippen molar-refractivity contribution in [3.05, 3.63) is 23.3 Å². The van der Waals surface area contributed by atoms with Crippen LogP contribution in [0.25, 0.3) is 0 Å². The average molecular weight is 519 g/mol. The van der Waals surface area contributed by atoms with Crippen LogP contribution in [0.3, 0.4) is 0 Å². The molecule has 206 valence electrons. The first-order chi connectivity index (χ1) is 17.2. The van der Waals surface area contributed by atoms with Gasteiger partial charge < -0.3 is 59.1 Å². The first-order valence-corrected chi connectivity index (χ1v) is 12.1. The molecule has 2 heterocycles. The molecule has 0 saturated carbocycles. The minimum Gasteiger partial charge on any atom is -0.491 e. The Hall–Kier alpha value is -1.58. The Kier molecular flexibility index (Phi) is 11.1. The standard InChI is InChI=1S/C24H38O12/c1-13-7-14(2)18(32-4-6-34-22-9-16(28)24(30)20(12-26)36-22)10-17(13)31-3-5-33-21-8-15(27)23(29)19(11-25)35-21/h7,10,15-16,19-30H,3-6,8-9,11-12H2,1-2H3/t15-,16?,19?,20?,21-,22-,23+,24+/m1/s1. The van der Waals surface area contributed by atoms with E-state index in [1.54, 1.807) is 6.07 Å². The van der Waals surface area contributed by atoms with Gasteiger partial charge >= 0.3 is 0 Å². The van der Waals surface area contributed by atoms with Gasteiger partial charge in [-0.05, 0) is 31.0 Å². The lowest BCUT2D eigenvalue weighted by molar-refractivity contribution is -0.257. The third kappa shape index (κ3) is 7.71. The van der Waals surface area contributed by atoms with Gasteiger partial charge in [0, 0.05) is 18.9 Å². The minimum absolute atomic E-state index is 0.0907. The fourth-order valence-corrected chi connectivity index (χ4v) is 4.13. The lowest BCUT2D eigenvalue weighted by Gasteiger charge is -2.36. The van der Waals surface area contributed by atoms with Crippen LogP contribution in [0, 0.1) is 13.8 Å². The number of ether oxygens (including phenoxy) is 6. The highest BCUT2D eigenvalue weighted by atomic mass is 16.7. The molecule has 12 heteroatoms. The van der Waals surface area contributed by atoms with Crippen LogP contribution in [0.2, 0.25) is 0 Å². The molecular weight excluding hydrogens is 480 g/mol. The Morgan fingerprint density at radius 1 is 0.694 bits per heavy atom. The molecule has 0 spiro atoms. The Labute approximate surface area is 209 Å². The number of hydrogen-bond donors (Lipinski definition) is 6. The van der Waals surface area contributed by atoms with Crippen molar-refractivity contribution in [2.75, 3.05) is 39.6 Å². The van der Waals surface area contributed by atoms with Crippen molar-refractivity contribution in [2.45, 2.75) is 75.9 Å². The van der Waals surface area contributed by atoms with Gasteiger partial charge in [0.1, 0.15) is 49.1 Å². The van der Waals surface area contributed by atoms with Crippen LogP contribution in [0.1, 0.15) is 24.0 Å². The highest BCUT2D eigenvalue weighted by Crippen LogP contribution is 2.29. The van der Waals surface area contributed by atoms with Crippen LogP contribution in [0.15, 0.2) is 12.1 Å². The van der Waals surface area contributed by atoms with Crippen LogP contribution in [-0.2, 0) is 18.9 Å². The summed E-state index contributed by atoms with van der Waals surface area (Å²) in [4.78, 5) is 0. The van der Waals surface area contributed by atoms with Crippen molar-refractivity contribution in [3.8, 4) is 11.5 Å². The first-order valence-electron chi connectivity index (χ1n) is 12.1. The largest absolute Gasteiger partial charge is 0.491 e. The van der Waals surface area contributed by atoms with E-state index in [1.165, 1.54) is 0 Å². The average Bonchev–Trinajstić information content (AvgIpc) is 2.85. The Bertz CT molecular complexity index is 746. The molecule has 2 aliphatic rings. The van der Waals surface area contributed by atoms with Crippen molar-refractivity contribution in [3.63, 3.8) is 0 Å². The van der Waals surface area contributed by atoms with E-state index >= 15 is 0 Å². The van der Waals surface area contributed by atoms with E-state index < -0.39 is 62.4 Å². The van der Waals surface area contributed by atoms with Crippen LogP contribution in [0.5, 0.6) is 11.5 Å². The summed E-state index contributed by atoms with van der Waals surface area (Å²) < 4.78 is 33.7. The van der Waals surface area contributed by atoms with Crippen LogP contribution < -0.4 is 9.47 Å². The van der Waals surface area contributed by atoms with Crippen molar-refractivity contribution >= 4 is 0 Å². The third-order valence-corrected chi connectivity index (χ3v) is 6.19. The molecule has 3 rings (SSSR count). The maximum absolute atomic E-state index is 9.87. The number of aryl methyl sites for hydroxylation is 2. The monoisotopic (exact) mass is 518 g/mol. The van der Waals surface area contributed by atoms with Crippen LogP contribution in [0.4, 0.5) is 0 Å². The number of hydrogen-bond acceptors (Lipinski definition) is 12. The maximum atomic E-state index is 9.87. The number of aliphatic hydroxyl groups is 6.